The van der Waals surface area contributed by atoms with E-state index in [1.54, 1.807) is 0 Å². The first kappa shape index (κ1) is 23.3. The third-order valence-electron chi connectivity index (χ3n) is 6.31. The quantitative estimate of drug-likeness (QED) is 0.522. The van der Waals surface area contributed by atoms with Gasteiger partial charge in [0.2, 0.25) is 5.91 Å². The Hall–Kier alpha value is -2.38. The average Bonchev–Trinajstić information content (AvgIpc) is 2.74. The minimum atomic E-state index is -0.763. The van der Waals surface area contributed by atoms with Gasteiger partial charge in [0.25, 0.3) is 0 Å². The van der Waals surface area contributed by atoms with Crippen LogP contribution < -0.4 is 15.8 Å². The van der Waals surface area contributed by atoms with Gasteiger partial charge in [0.1, 0.15) is 5.75 Å². The van der Waals surface area contributed by atoms with Crippen LogP contribution in [-0.4, -0.2) is 53.7 Å². The summed E-state index contributed by atoms with van der Waals surface area (Å²) in [5, 5.41) is 13.4. The molecule has 4 unspecified atom stereocenters. The second-order valence-electron chi connectivity index (χ2n) is 8.83. The molecule has 170 valence electrons. The fourth-order valence-electron chi connectivity index (χ4n) is 4.91. The number of hydrogen-bond acceptors (Lipinski definition) is 5. The number of carbonyl (C=O) groups excluding carboxylic acids is 1. The molecular formula is C24H35N3O4. The third-order valence-corrected chi connectivity index (χ3v) is 6.31. The number of para-hydroxylation sites is 1. The van der Waals surface area contributed by atoms with Gasteiger partial charge >= 0.3 is 5.97 Å². The summed E-state index contributed by atoms with van der Waals surface area (Å²) in [5.74, 6) is -0.712. The molecule has 2 aliphatic rings. The van der Waals surface area contributed by atoms with Crippen molar-refractivity contribution < 1.29 is 19.4 Å². The number of nitrogens with two attached hydrogens (primary N) is 1. The van der Waals surface area contributed by atoms with Crippen molar-refractivity contribution in [3.63, 3.8) is 0 Å². The third kappa shape index (κ3) is 6.08. The van der Waals surface area contributed by atoms with E-state index < -0.39 is 11.9 Å². The summed E-state index contributed by atoms with van der Waals surface area (Å²) in [6.45, 7) is 6.35. The van der Waals surface area contributed by atoms with Crippen LogP contribution >= 0.6 is 0 Å². The molecule has 31 heavy (non-hydrogen) atoms. The first-order valence-corrected chi connectivity index (χ1v) is 11.3. The van der Waals surface area contributed by atoms with Crippen molar-refractivity contribution in [1.29, 1.82) is 0 Å². The van der Waals surface area contributed by atoms with Gasteiger partial charge in [0.05, 0.1) is 12.0 Å². The molecule has 1 heterocycles. The topological polar surface area (TPSA) is 105 Å². The molecule has 0 aromatic heterocycles. The van der Waals surface area contributed by atoms with Crippen LogP contribution in [0, 0.1) is 11.8 Å². The van der Waals surface area contributed by atoms with Gasteiger partial charge in [0, 0.05) is 43.7 Å². The molecule has 4 atom stereocenters. The number of benzene rings is 1. The lowest BCUT2D eigenvalue weighted by molar-refractivity contribution is -0.145. The summed E-state index contributed by atoms with van der Waals surface area (Å²) in [7, 11) is 0. The molecule has 1 aromatic rings. The Morgan fingerprint density at radius 2 is 2.00 bits per heavy atom. The summed E-state index contributed by atoms with van der Waals surface area (Å²) in [6, 6.07) is 8.13. The highest BCUT2D eigenvalue weighted by atomic mass is 16.5. The number of piperazine rings is 1. The minimum Gasteiger partial charge on any atom is -0.491 e. The van der Waals surface area contributed by atoms with Crippen LogP contribution in [0.3, 0.4) is 0 Å². The Morgan fingerprint density at radius 1 is 1.26 bits per heavy atom. The number of hydrogen-bond donors (Lipinski definition) is 3. The van der Waals surface area contributed by atoms with Crippen LogP contribution in [0.5, 0.6) is 5.75 Å². The molecule has 0 spiro atoms. The molecule has 1 aliphatic carbocycles. The van der Waals surface area contributed by atoms with Crippen LogP contribution in [0.15, 0.2) is 36.4 Å². The fourth-order valence-corrected chi connectivity index (χ4v) is 4.91. The van der Waals surface area contributed by atoms with Crippen LogP contribution in [-0.2, 0) is 9.59 Å². The molecule has 1 aromatic carbocycles. The van der Waals surface area contributed by atoms with Crippen LogP contribution in [0.4, 0.5) is 0 Å². The Labute approximate surface area is 184 Å². The molecule has 1 aliphatic heterocycles. The van der Waals surface area contributed by atoms with Crippen molar-refractivity contribution in [2.45, 2.75) is 57.7 Å². The van der Waals surface area contributed by atoms with E-state index in [1.165, 1.54) is 0 Å². The highest BCUT2D eigenvalue weighted by Crippen LogP contribution is 2.36. The summed E-state index contributed by atoms with van der Waals surface area (Å²) < 4.78 is 6.03. The molecule has 7 nitrogen and oxygen atoms in total. The molecule has 0 bridgehead atoms. The largest absolute Gasteiger partial charge is 0.491 e. The summed E-state index contributed by atoms with van der Waals surface area (Å²) in [4.78, 5) is 25.9. The molecule has 0 radical (unpaired) electrons. The number of carbonyl (C=O) groups is 2. The van der Waals surface area contributed by atoms with Gasteiger partial charge in [-0.15, -0.1) is 0 Å². The zero-order valence-electron chi connectivity index (χ0n) is 18.5. The highest BCUT2D eigenvalue weighted by molar-refractivity contribution is 5.74. The summed E-state index contributed by atoms with van der Waals surface area (Å²) >= 11 is 0. The molecule has 1 fully saturated rings. The van der Waals surface area contributed by atoms with E-state index in [0.29, 0.717) is 19.3 Å². The first-order valence-electron chi connectivity index (χ1n) is 11.3. The lowest BCUT2D eigenvalue weighted by Gasteiger charge is -2.44. The smallest absolute Gasteiger partial charge is 0.307 e. The van der Waals surface area contributed by atoms with Crippen molar-refractivity contribution in [2.75, 3.05) is 19.6 Å². The maximum atomic E-state index is 12.0. The molecule has 3 rings (SSSR count). The molecule has 1 saturated heterocycles. The van der Waals surface area contributed by atoms with Gasteiger partial charge in [-0.2, -0.15) is 0 Å². The molecule has 7 heteroatoms. The Bertz CT molecular complexity index is 795. The average molecular weight is 430 g/mol. The highest BCUT2D eigenvalue weighted by Gasteiger charge is 2.39. The number of carboxylic acid groups (broad SMARTS) is 1. The Morgan fingerprint density at radius 3 is 2.71 bits per heavy atom. The Kier molecular flexibility index (Phi) is 8.09. The normalized spacial score (nSPS) is 25.3. The van der Waals surface area contributed by atoms with E-state index in [4.69, 9.17) is 10.5 Å². The first-order chi connectivity index (χ1) is 14.9. The Balaban J connectivity index is 1.84. The van der Waals surface area contributed by atoms with Crippen LogP contribution in [0.25, 0.3) is 0 Å². The van der Waals surface area contributed by atoms with Gasteiger partial charge in [-0.1, -0.05) is 30.4 Å². The van der Waals surface area contributed by atoms with Gasteiger partial charge in [-0.05, 0) is 45.1 Å². The monoisotopic (exact) mass is 429 g/mol. The minimum absolute atomic E-state index is 0.0127. The maximum absolute atomic E-state index is 12.0. The van der Waals surface area contributed by atoms with E-state index in [2.05, 4.69) is 22.4 Å². The number of ether oxygens (including phenoxy) is 1. The molecule has 0 saturated carbocycles. The van der Waals surface area contributed by atoms with E-state index in [9.17, 15) is 14.7 Å². The lowest BCUT2D eigenvalue weighted by atomic mass is 9.76. The number of aliphatic carboxylic acids is 1. The summed E-state index contributed by atoms with van der Waals surface area (Å²) in [5.41, 5.74) is 6.57. The van der Waals surface area contributed by atoms with E-state index in [1.807, 2.05) is 38.1 Å². The van der Waals surface area contributed by atoms with Crippen molar-refractivity contribution in [3.05, 3.63) is 42.0 Å². The van der Waals surface area contributed by atoms with Gasteiger partial charge in [0.15, 0.2) is 0 Å². The van der Waals surface area contributed by atoms with E-state index in [0.717, 1.165) is 30.9 Å². The van der Waals surface area contributed by atoms with Gasteiger partial charge in [-0.25, -0.2) is 0 Å². The van der Waals surface area contributed by atoms with Crippen molar-refractivity contribution in [3.8, 4) is 5.75 Å². The molecule has 1 amide bonds. The van der Waals surface area contributed by atoms with Crippen molar-refractivity contribution in [1.82, 2.24) is 10.2 Å². The maximum Gasteiger partial charge on any atom is 0.307 e. The zero-order chi connectivity index (χ0) is 22.4. The SMILES string of the molecule is CC(C)Oc1ccccc1C1CN(C(CCC(N)=O)C2CC=CCC2C(=O)O)CCN1. The number of nitrogens with zero attached hydrogens (tertiary/aromatic N) is 1. The second kappa shape index (κ2) is 10.8. The summed E-state index contributed by atoms with van der Waals surface area (Å²) in [6.07, 6.45) is 6.20. The number of carboxylic acids is 1. The van der Waals surface area contributed by atoms with Crippen molar-refractivity contribution in [2.24, 2.45) is 17.6 Å². The fraction of sp³-hybridized carbons (Fsp3) is 0.583. The van der Waals surface area contributed by atoms with Crippen LogP contribution in [0.2, 0.25) is 0 Å². The van der Waals surface area contributed by atoms with Gasteiger partial charge < -0.3 is 20.9 Å². The number of allylic oxidation sites excluding steroid dienone is 2. The second-order valence-corrected chi connectivity index (χ2v) is 8.83. The number of nitrogens with one attached hydrogen (secondary N) is 1. The number of primary amides is 1. The predicted molar refractivity (Wildman–Crippen MR) is 120 cm³/mol. The molecular weight excluding hydrogens is 394 g/mol. The number of rotatable bonds is 9. The van der Waals surface area contributed by atoms with Crippen molar-refractivity contribution >= 4 is 11.9 Å². The predicted octanol–water partition coefficient (Wildman–Crippen LogP) is 2.72. The number of amides is 1. The lowest BCUT2D eigenvalue weighted by Crippen LogP contribution is -2.54. The van der Waals surface area contributed by atoms with Crippen LogP contribution in [0.1, 0.15) is 51.1 Å². The zero-order valence-corrected chi connectivity index (χ0v) is 18.5. The van der Waals surface area contributed by atoms with E-state index >= 15 is 0 Å². The standard InChI is InChI=1S/C24H35N3O4/c1-16(2)31-22-10-6-5-9-19(22)20-15-27(14-13-26-20)21(11-12-23(25)28)17-7-3-4-8-18(17)24(29)30/h3-6,9-10,16-18,20-21,26H,7-8,11-15H2,1-2H3,(H2,25,28)(H,29,30). The van der Waals surface area contributed by atoms with Gasteiger partial charge in [-0.3, -0.25) is 14.5 Å². The molecule has 4 N–H and O–H groups in total. The van der Waals surface area contributed by atoms with E-state index in [-0.39, 0.29) is 36.4 Å².